The molecule has 2 N–H and O–H groups in total. The number of halogens is 2. The van der Waals surface area contributed by atoms with Gasteiger partial charge in [0.25, 0.3) is 0 Å². The first-order chi connectivity index (χ1) is 11.5. The van der Waals surface area contributed by atoms with E-state index in [1.165, 1.54) is 18.2 Å². The fraction of sp³-hybridized carbons (Fsp3) is 0.556. The summed E-state index contributed by atoms with van der Waals surface area (Å²) in [5.74, 6) is -1.74. The van der Waals surface area contributed by atoms with Gasteiger partial charge in [0.2, 0.25) is 11.8 Å². The van der Waals surface area contributed by atoms with Crippen LogP contribution >= 0.6 is 0 Å². The van der Waals surface area contributed by atoms with E-state index >= 15 is 0 Å². The van der Waals surface area contributed by atoms with E-state index in [-0.39, 0.29) is 42.4 Å². The standard InChI is InChI=1S/C18H27F2N3O2/c1-12(9-13-14(19)7-6-8-15(13)20)21-16(24)10-23(5)11-17(25)22-18(2,3)4/h6-8,12H,9-11H2,1-5H3,(H,21,24)(H,22,25). The number of benzene rings is 1. The van der Waals surface area contributed by atoms with Gasteiger partial charge in [0.05, 0.1) is 13.1 Å². The first-order valence-corrected chi connectivity index (χ1v) is 8.19. The molecule has 0 heterocycles. The molecule has 5 nitrogen and oxygen atoms in total. The van der Waals surface area contributed by atoms with Gasteiger partial charge in [-0.2, -0.15) is 0 Å². The van der Waals surface area contributed by atoms with Gasteiger partial charge < -0.3 is 10.6 Å². The zero-order valence-electron chi connectivity index (χ0n) is 15.5. The van der Waals surface area contributed by atoms with Crippen LogP contribution in [0.1, 0.15) is 33.3 Å². The number of amides is 2. The summed E-state index contributed by atoms with van der Waals surface area (Å²) in [4.78, 5) is 25.4. The molecule has 0 fully saturated rings. The summed E-state index contributed by atoms with van der Waals surface area (Å²) in [6.07, 6.45) is 0.0540. The Morgan fingerprint density at radius 2 is 1.64 bits per heavy atom. The summed E-state index contributed by atoms with van der Waals surface area (Å²) in [6.45, 7) is 7.40. The Kier molecular flexibility index (Phi) is 7.48. The van der Waals surface area contributed by atoms with Crippen LogP contribution in [0.5, 0.6) is 0 Å². The zero-order valence-corrected chi connectivity index (χ0v) is 15.5. The van der Waals surface area contributed by atoms with Crippen LogP contribution in [-0.4, -0.2) is 48.4 Å². The van der Waals surface area contributed by atoms with Crippen molar-refractivity contribution in [1.82, 2.24) is 15.5 Å². The Morgan fingerprint density at radius 3 is 2.16 bits per heavy atom. The highest BCUT2D eigenvalue weighted by atomic mass is 19.1. The van der Waals surface area contributed by atoms with Crippen molar-refractivity contribution in [2.24, 2.45) is 0 Å². The number of likely N-dealkylation sites (N-methyl/N-ethyl adjacent to an activating group) is 1. The highest BCUT2D eigenvalue weighted by Gasteiger charge is 2.18. The third kappa shape index (κ3) is 8.07. The van der Waals surface area contributed by atoms with Gasteiger partial charge in [-0.05, 0) is 53.3 Å². The fourth-order valence-corrected chi connectivity index (χ4v) is 2.41. The molecule has 2 amide bonds. The Hall–Kier alpha value is -2.02. The molecule has 0 spiro atoms. The lowest BCUT2D eigenvalue weighted by Crippen LogP contribution is -2.47. The molecular formula is C18H27F2N3O2. The van der Waals surface area contributed by atoms with Gasteiger partial charge in [-0.3, -0.25) is 14.5 Å². The van der Waals surface area contributed by atoms with Crippen LogP contribution in [0.2, 0.25) is 0 Å². The monoisotopic (exact) mass is 355 g/mol. The molecule has 0 saturated heterocycles. The maximum Gasteiger partial charge on any atom is 0.234 e. The number of carbonyl (C=O) groups excluding carboxylic acids is 2. The van der Waals surface area contributed by atoms with E-state index in [1.54, 1.807) is 18.9 Å². The van der Waals surface area contributed by atoms with E-state index in [4.69, 9.17) is 0 Å². The maximum atomic E-state index is 13.6. The van der Waals surface area contributed by atoms with E-state index in [0.29, 0.717) is 0 Å². The predicted octanol–water partition coefficient (Wildman–Crippen LogP) is 1.86. The first kappa shape index (κ1) is 21.0. The van der Waals surface area contributed by atoms with Crippen LogP contribution in [-0.2, 0) is 16.0 Å². The molecule has 1 rings (SSSR count). The number of rotatable bonds is 7. The normalized spacial score (nSPS) is 12.8. The lowest BCUT2D eigenvalue weighted by Gasteiger charge is -2.23. The van der Waals surface area contributed by atoms with E-state index in [2.05, 4.69) is 10.6 Å². The molecule has 0 aromatic heterocycles. The molecule has 0 aliphatic carbocycles. The minimum Gasteiger partial charge on any atom is -0.352 e. The van der Waals surface area contributed by atoms with Gasteiger partial charge in [-0.1, -0.05) is 6.07 Å². The molecule has 25 heavy (non-hydrogen) atoms. The van der Waals surface area contributed by atoms with Crippen molar-refractivity contribution in [3.05, 3.63) is 35.4 Å². The Balaban J connectivity index is 2.46. The molecule has 0 bridgehead atoms. The van der Waals surface area contributed by atoms with Crippen molar-refractivity contribution in [2.45, 2.75) is 45.7 Å². The zero-order chi connectivity index (χ0) is 19.2. The molecule has 1 aromatic carbocycles. The van der Waals surface area contributed by atoms with Gasteiger partial charge >= 0.3 is 0 Å². The summed E-state index contributed by atoms with van der Waals surface area (Å²) in [6, 6.07) is 3.24. The molecule has 1 aromatic rings. The molecule has 1 unspecified atom stereocenters. The number of hydrogen-bond donors (Lipinski definition) is 2. The van der Waals surface area contributed by atoms with Crippen LogP contribution in [0.25, 0.3) is 0 Å². The summed E-state index contributed by atoms with van der Waals surface area (Å²) < 4.78 is 27.3. The largest absolute Gasteiger partial charge is 0.352 e. The molecule has 7 heteroatoms. The molecule has 0 aliphatic rings. The van der Waals surface area contributed by atoms with E-state index in [9.17, 15) is 18.4 Å². The Labute approximate surface area is 147 Å². The summed E-state index contributed by atoms with van der Waals surface area (Å²) >= 11 is 0. The average Bonchev–Trinajstić information content (AvgIpc) is 2.40. The highest BCUT2D eigenvalue weighted by Crippen LogP contribution is 2.14. The van der Waals surface area contributed by atoms with Crippen molar-refractivity contribution in [2.75, 3.05) is 20.1 Å². The van der Waals surface area contributed by atoms with E-state index < -0.39 is 17.7 Å². The van der Waals surface area contributed by atoms with Crippen molar-refractivity contribution in [3.63, 3.8) is 0 Å². The Morgan fingerprint density at radius 1 is 1.12 bits per heavy atom. The lowest BCUT2D eigenvalue weighted by atomic mass is 10.1. The first-order valence-electron chi connectivity index (χ1n) is 8.19. The van der Waals surface area contributed by atoms with Gasteiger partial charge in [-0.15, -0.1) is 0 Å². The van der Waals surface area contributed by atoms with Gasteiger partial charge in [0, 0.05) is 17.1 Å². The molecule has 0 radical (unpaired) electrons. The summed E-state index contributed by atoms with van der Waals surface area (Å²) in [7, 11) is 1.66. The quantitative estimate of drug-likeness (QED) is 0.785. The fourth-order valence-electron chi connectivity index (χ4n) is 2.41. The minimum absolute atomic E-state index is 0.0155. The van der Waals surface area contributed by atoms with E-state index in [1.807, 2.05) is 20.8 Å². The average molecular weight is 355 g/mol. The smallest absolute Gasteiger partial charge is 0.234 e. The number of nitrogens with one attached hydrogen (secondary N) is 2. The van der Waals surface area contributed by atoms with Gasteiger partial charge in [0.1, 0.15) is 11.6 Å². The topological polar surface area (TPSA) is 61.4 Å². The van der Waals surface area contributed by atoms with Crippen molar-refractivity contribution in [3.8, 4) is 0 Å². The lowest BCUT2D eigenvalue weighted by molar-refractivity contribution is -0.125. The van der Waals surface area contributed by atoms with Gasteiger partial charge in [-0.25, -0.2) is 8.78 Å². The molecule has 0 saturated carbocycles. The van der Waals surface area contributed by atoms with Crippen molar-refractivity contribution < 1.29 is 18.4 Å². The molecular weight excluding hydrogens is 328 g/mol. The second-order valence-electron chi connectivity index (χ2n) is 7.34. The molecule has 1 atom stereocenters. The molecule has 140 valence electrons. The Bertz CT molecular complexity index is 595. The summed E-state index contributed by atoms with van der Waals surface area (Å²) in [5.41, 5.74) is -0.383. The minimum atomic E-state index is -0.628. The predicted molar refractivity (Wildman–Crippen MR) is 93.1 cm³/mol. The maximum absolute atomic E-state index is 13.6. The summed E-state index contributed by atoms with van der Waals surface area (Å²) in [5, 5.41) is 5.50. The second kappa shape index (κ2) is 8.89. The third-order valence-electron chi connectivity index (χ3n) is 3.32. The van der Waals surface area contributed by atoms with Crippen LogP contribution < -0.4 is 10.6 Å². The van der Waals surface area contributed by atoms with E-state index in [0.717, 1.165) is 0 Å². The van der Waals surface area contributed by atoms with Crippen LogP contribution in [0, 0.1) is 11.6 Å². The van der Waals surface area contributed by atoms with Crippen molar-refractivity contribution in [1.29, 1.82) is 0 Å². The van der Waals surface area contributed by atoms with Crippen LogP contribution in [0.15, 0.2) is 18.2 Å². The third-order valence-corrected chi connectivity index (χ3v) is 3.32. The molecule has 0 aliphatic heterocycles. The van der Waals surface area contributed by atoms with Crippen molar-refractivity contribution >= 4 is 11.8 Å². The number of nitrogens with zero attached hydrogens (tertiary/aromatic N) is 1. The van der Waals surface area contributed by atoms with Crippen LogP contribution in [0.4, 0.5) is 8.78 Å². The SMILES string of the molecule is CC(Cc1c(F)cccc1F)NC(=O)CN(C)CC(=O)NC(C)(C)C. The highest BCUT2D eigenvalue weighted by molar-refractivity contribution is 5.81. The van der Waals surface area contributed by atoms with Crippen LogP contribution in [0.3, 0.4) is 0 Å². The van der Waals surface area contributed by atoms with Gasteiger partial charge in [0.15, 0.2) is 0 Å². The second-order valence-corrected chi connectivity index (χ2v) is 7.34. The number of hydrogen-bond acceptors (Lipinski definition) is 3. The number of carbonyl (C=O) groups is 2.